The van der Waals surface area contributed by atoms with Crippen LogP contribution in [0.5, 0.6) is 5.06 Å². The number of carbonyl (C=O) groups excluding carboxylic acids is 2. The van der Waals surface area contributed by atoms with Crippen LogP contribution in [0.2, 0.25) is 0 Å². The van der Waals surface area contributed by atoms with E-state index in [2.05, 4.69) is 9.47 Å². The summed E-state index contributed by atoms with van der Waals surface area (Å²) in [5, 5.41) is 12.7. The Balaban J connectivity index is 0.000000220. The van der Waals surface area contributed by atoms with E-state index in [1.165, 1.54) is 36.9 Å². The van der Waals surface area contributed by atoms with Gasteiger partial charge in [-0.15, -0.1) is 22.7 Å². The van der Waals surface area contributed by atoms with Gasteiger partial charge in [0.1, 0.15) is 0 Å². The number of aliphatic hydroxyl groups excluding tert-OH is 1. The molecule has 0 bridgehead atoms. The summed E-state index contributed by atoms with van der Waals surface area (Å²) in [6.07, 6.45) is 0. The second kappa shape index (κ2) is 9.19. The Morgan fingerprint density at radius 1 is 1.00 bits per heavy atom. The highest BCUT2D eigenvalue weighted by Crippen LogP contribution is 2.22. The van der Waals surface area contributed by atoms with Gasteiger partial charge >= 0.3 is 11.9 Å². The molecule has 1 N–H and O–H groups in total. The van der Waals surface area contributed by atoms with Gasteiger partial charge in [-0.1, -0.05) is 0 Å². The topological polar surface area (TPSA) is 82.1 Å². The first-order valence-corrected chi connectivity index (χ1v) is 7.79. The van der Waals surface area contributed by atoms with E-state index in [1.807, 2.05) is 0 Å². The lowest BCUT2D eigenvalue weighted by Crippen LogP contribution is -1.98. The van der Waals surface area contributed by atoms with E-state index in [-0.39, 0.29) is 18.5 Å². The summed E-state index contributed by atoms with van der Waals surface area (Å²) in [7, 11) is 4.25. The molecule has 0 aliphatic heterocycles. The van der Waals surface area contributed by atoms with Gasteiger partial charge in [-0.25, -0.2) is 9.59 Å². The minimum absolute atomic E-state index is 0.0261. The van der Waals surface area contributed by atoms with Gasteiger partial charge < -0.3 is 19.3 Å². The Morgan fingerprint density at radius 2 is 1.55 bits per heavy atom. The number of thiophene rings is 2. The maximum absolute atomic E-state index is 10.9. The van der Waals surface area contributed by atoms with Gasteiger partial charge in [0.05, 0.1) is 39.1 Å². The molecule has 0 fully saturated rings. The fourth-order valence-electron chi connectivity index (χ4n) is 1.34. The standard InChI is InChI=1S/2C7H8O3S/c1-9-6-3-5(4-11-6)7(8)10-2;1-10-7(9)5-2-6(3-8)11-4-5/h3-4H,1-2H3;2,4,8H,3H2,1H3. The summed E-state index contributed by atoms with van der Waals surface area (Å²) in [6.45, 7) is -0.0261. The van der Waals surface area contributed by atoms with Crippen molar-refractivity contribution in [3.63, 3.8) is 0 Å². The fourth-order valence-corrected chi connectivity index (χ4v) is 2.75. The molecule has 0 radical (unpaired) electrons. The van der Waals surface area contributed by atoms with Crippen molar-refractivity contribution < 1.29 is 28.9 Å². The van der Waals surface area contributed by atoms with Crippen LogP contribution < -0.4 is 4.74 Å². The van der Waals surface area contributed by atoms with Gasteiger partial charge in [0.25, 0.3) is 0 Å². The van der Waals surface area contributed by atoms with E-state index in [4.69, 9.17) is 9.84 Å². The molecule has 0 spiro atoms. The van der Waals surface area contributed by atoms with Crippen LogP contribution in [0.4, 0.5) is 0 Å². The van der Waals surface area contributed by atoms with Gasteiger partial charge in [0.2, 0.25) is 0 Å². The first-order valence-electron chi connectivity index (χ1n) is 6.03. The second-order valence-corrected chi connectivity index (χ2v) is 5.67. The summed E-state index contributed by atoms with van der Waals surface area (Å²) in [5.41, 5.74) is 1.04. The quantitative estimate of drug-likeness (QED) is 0.859. The third-order valence-corrected chi connectivity index (χ3v) is 4.24. The predicted molar refractivity (Wildman–Crippen MR) is 83.8 cm³/mol. The monoisotopic (exact) mass is 344 g/mol. The van der Waals surface area contributed by atoms with Crippen LogP contribution in [-0.2, 0) is 16.1 Å². The summed E-state index contributed by atoms with van der Waals surface area (Å²) in [4.78, 5) is 22.5. The molecule has 0 amide bonds. The molecule has 2 aromatic rings. The molecule has 120 valence electrons. The Bertz CT molecular complexity index is 562. The van der Waals surface area contributed by atoms with Crippen molar-refractivity contribution in [1.29, 1.82) is 0 Å². The van der Waals surface area contributed by atoms with Crippen molar-refractivity contribution in [2.24, 2.45) is 0 Å². The number of esters is 2. The van der Waals surface area contributed by atoms with Crippen LogP contribution in [0.15, 0.2) is 22.9 Å². The van der Waals surface area contributed by atoms with E-state index in [9.17, 15) is 9.59 Å². The van der Waals surface area contributed by atoms with Crippen molar-refractivity contribution >= 4 is 34.6 Å². The number of aliphatic hydroxyl groups is 1. The molecule has 2 aromatic heterocycles. The van der Waals surface area contributed by atoms with E-state index in [0.29, 0.717) is 16.2 Å². The Kier molecular flexibility index (Phi) is 7.58. The molecule has 0 atom stereocenters. The molecule has 22 heavy (non-hydrogen) atoms. The van der Waals surface area contributed by atoms with Crippen LogP contribution in [-0.4, -0.2) is 38.4 Å². The Hall–Kier alpha value is -1.90. The molecular formula is C14H16O6S2. The summed E-state index contributed by atoms with van der Waals surface area (Å²) < 4.78 is 13.9. The number of hydrogen-bond donors (Lipinski definition) is 1. The zero-order chi connectivity index (χ0) is 16.5. The van der Waals surface area contributed by atoms with Gasteiger partial charge in [0.15, 0.2) is 5.06 Å². The lowest BCUT2D eigenvalue weighted by atomic mass is 10.3. The van der Waals surface area contributed by atoms with Crippen molar-refractivity contribution in [2.45, 2.75) is 6.61 Å². The third kappa shape index (κ3) is 5.14. The van der Waals surface area contributed by atoms with Crippen LogP contribution in [0.25, 0.3) is 0 Å². The summed E-state index contributed by atoms with van der Waals surface area (Å²) >= 11 is 2.71. The van der Waals surface area contributed by atoms with Crippen LogP contribution in [0.1, 0.15) is 25.6 Å². The normalized spacial score (nSPS) is 9.45. The largest absolute Gasteiger partial charge is 0.487 e. The van der Waals surface area contributed by atoms with Gasteiger partial charge in [0, 0.05) is 21.7 Å². The molecular weight excluding hydrogens is 328 g/mol. The highest BCUT2D eigenvalue weighted by molar-refractivity contribution is 7.12. The molecule has 8 heteroatoms. The van der Waals surface area contributed by atoms with Crippen molar-refractivity contribution in [3.8, 4) is 5.06 Å². The Morgan fingerprint density at radius 3 is 1.95 bits per heavy atom. The molecule has 0 saturated heterocycles. The fraction of sp³-hybridized carbons (Fsp3) is 0.286. The minimum atomic E-state index is -0.360. The van der Waals surface area contributed by atoms with Crippen molar-refractivity contribution in [3.05, 3.63) is 38.9 Å². The lowest BCUT2D eigenvalue weighted by Gasteiger charge is -1.92. The van der Waals surface area contributed by atoms with E-state index in [1.54, 1.807) is 30.0 Å². The number of methoxy groups -OCH3 is 3. The number of hydrogen-bond acceptors (Lipinski definition) is 8. The molecule has 0 aliphatic carbocycles. The highest BCUT2D eigenvalue weighted by Gasteiger charge is 2.08. The van der Waals surface area contributed by atoms with Gasteiger partial charge in [-0.05, 0) is 6.07 Å². The average Bonchev–Trinajstić information content (AvgIpc) is 3.22. The first-order chi connectivity index (χ1) is 10.5. The van der Waals surface area contributed by atoms with E-state index in [0.717, 1.165) is 4.88 Å². The zero-order valence-corrected chi connectivity index (χ0v) is 14.0. The maximum Gasteiger partial charge on any atom is 0.338 e. The predicted octanol–water partition coefficient (Wildman–Crippen LogP) is 2.57. The summed E-state index contributed by atoms with van der Waals surface area (Å²) in [6, 6.07) is 3.27. The smallest absolute Gasteiger partial charge is 0.338 e. The zero-order valence-electron chi connectivity index (χ0n) is 12.3. The first kappa shape index (κ1) is 18.1. The molecule has 0 unspecified atom stereocenters. The molecule has 2 heterocycles. The third-order valence-electron chi connectivity index (χ3n) is 2.43. The van der Waals surface area contributed by atoms with E-state index >= 15 is 0 Å². The van der Waals surface area contributed by atoms with Gasteiger partial charge in [-0.2, -0.15) is 0 Å². The molecule has 0 saturated carbocycles. The maximum atomic E-state index is 10.9. The Labute approximate surface area is 135 Å². The van der Waals surface area contributed by atoms with Crippen molar-refractivity contribution in [1.82, 2.24) is 0 Å². The molecule has 0 aliphatic rings. The number of rotatable bonds is 4. The van der Waals surface area contributed by atoms with E-state index < -0.39 is 0 Å². The van der Waals surface area contributed by atoms with Crippen LogP contribution >= 0.6 is 22.7 Å². The number of ether oxygens (including phenoxy) is 3. The van der Waals surface area contributed by atoms with Gasteiger partial charge in [-0.3, -0.25) is 0 Å². The lowest BCUT2D eigenvalue weighted by molar-refractivity contribution is 0.0592. The average molecular weight is 344 g/mol. The molecule has 2 rings (SSSR count). The molecule has 0 aromatic carbocycles. The minimum Gasteiger partial charge on any atom is -0.487 e. The SMILES string of the molecule is COC(=O)c1csc(CO)c1.COC(=O)c1csc(OC)c1. The second-order valence-electron chi connectivity index (χ2n) is 3.80. The molecule has 6 nitrogen and oxygen atoms in total. The van der Waals surface area contributed by atoms with Crippen molar-refractivity contribution in [2.75, 3.05) is 21.3 Å². The van der Waals surface area contributed by atoms with Crippen LogP contribution in [0.3, 0.4) is 0 Å². The van der Waals surface area contributed by atoms with Crippen LogP contribution in [0, 0.1) is 0 Å². The number of carbonyl (C=O) groups is 2. The summed E-state index contributed by atoms with van der Waals surface area (Å²) in [5.74, 6) is -0.689. The highest BCUT2D eigenvalue weighted by atomic mass is 32.1.